The quantitative estimate of drug-likeness (QED) is 0.354. The van der Waals surface area contributed by atoms with Gasteiger partial charge >= 0.3 is 0 Å². The first-order chi connectivity index (χ1) is 16.5. The molecule has 2 aliphatic rings. The molecule has 1 aliphatic heterocycles. The van der Waals surface area contributed by atoms with Crippen molar-refractivity contribution in [1.29, 1.82) is 0 Å². The number of allylic oxidation sites excluding steroid dienone is 2. The van der Waals surface area contributed by atoms with E-state index in [1.165, 1.54) is 0 Å². The molecule has 1 unspecified atom stereocenters. The van der Waals surface area contributed by atoms with E-state index in [9.17, 15) is 4.79 Å². The van der Waals surface area contributed by atoms with E-state index in [2.05, 4.69) is 17.2 Å². The van der Waals surface area contributed by atoms with Crippen LogP contribution in [-0.2, 0) is 11.4 Å². The first-order valence-electron chi connectivity index (χ1n) is 11.3. The minimum absolute atomic E-state index is 0.163. The Hall–Kier alpha value is -2.48. The van der Waals surface area contributed by atoms with Crippen LogP contribution in [0.4, 0.5) is 5.95 Å². The van der Waals surface area contributed by atoms with Crippen molar-refractivity contribution in [3.8, 4) is 5.75 Å². The lowest BCUT2D eigenvalue weighted by molar-refractivity contribution is -0.116. The highest BCUT2D eigenvalue weighted by Gasteiger charge is 2.36. The van der Waals surface area contributed by atoms with Crippen LogP contribution in [0.1, 0.15) is 49.8 Å². The Labute approximate surface area is 212 Å². The topological polar surface area (TPSA) is 69.0 Å². The summed E-state index contributed by atoms with van der Waals surface area (Å²) in [7, 11) is 0. The number of benzene rings is 2. The number of fused-ring (bicyclic) bond motifs is 1. The molecule has 1 aromatic heterocycles. The zero-order chi connectivity index (χ0) is 23.7. The molecule has 2 aromatic carbocycles. The lowest BCUT2D eigenvalue weighted by Crippen LogP contribution is -2.31. The van der Waals surface area contributed by atoms with Gasteiger partial charge in [0.2, 0.25) is 11.1 Å². The maximum atomic E-state index is 13.0. The molecule has 6 nitrogen and oxygen atoms in total. The second-order valence-electron chi connectivity index (χ2n) is 8.27. The fraction of sp³-hybridized carbons (Fsp3) is 0.320. The van der Waals surface area contributed by atoms with Crippen molar-refractivity contribution in [3.05, 3.63) is 74.9 Å². The highest BCUT2D eigenvalue weighted by Crippen LogP contribution is 2.41. The number of carbonyl (C=O) groups excluding carboxylic acids is 1. The molecule has 0 saturated heterocycles. The molecule has 176 valence electrons. The van der Waals surface area contributed by atoms with Crippen LogP contribution in [0.3, 0.4) is 0 Å². The predicted octanol–water partition coefficient (Wildman–Crippen LogP) is 6.69. The van der Waals surface area contributed by atoms with E-state index in [-0.39, 0.29) is 18.4 Å². The smallest absolute Gasteiger partial charge is 0.227 e. The van der Waals surface area contributed by atoms with Crippen LogP contribution in [0.2, 0.25) is 10.0 Å². The van der Waals surface area contributed by atoms with Crippen LogP contribution in [-0.4, -0.2) is 26.3 Å². The molecule has 2 heterocycles. The van der Waals surface area contributed by atoms with Gasteiger partial charge in [0.05, 0.1) is 0 Å². The Morgan fingerprint density at radius 2 is 1.91 bits per heavy atom. The van der Waals surface area contributed by atoms with Crippen LogP contribution in [0, 0.1) is 0 Å². The fourth-order valence-electron chi connectivity index (χ4n) is 4.27. The van der Waals surface area contributed by atoms with E-state index in [0.29, 0.717) is 28.2 Å². The molecule has 0 saturated carbocycles. The molecule has 1 aliphatic carbocycles. The Morgan fingerprint density at radius 3 is 2.65 bits per heavy atom. The van der Waals surface area contributed by atoms with Crippen LogP contribution < -0.4 is 10.1 Å². The van der Waals surface area contributed by atoms with E-state index in [1.807, 2.05) is 35.0 Å². The average Bonchev–Trinajstić information content (AvgIpc) is 3.24. The number of halogens is 2. The molecular formula is C25H24Cl2N4O2S. The number of hydrogen-bond acceptors (Lipinski definition) is 6. The first-order valence-corrected chi connectivity index (χ1v) is 13.1. The van der Waals surface area contributed by atoms with Crippen LogP contribution in [0.15, 0.2) is 58.9 Å². The molecule has 0 amide bonds. The highest BCUT2D eigenvalue weighted by atomic mass is 35.5. The van der Waals surface area contributed by atoms with Crippen molar-refractivity contribution >= 4 is 46.7 Å². The molecule has 1 N–H and O–H groups in total. The van der Waals surface area contributed by atoms with E-state index in [4.69, 9.17) is 33.0 Å². The summed E-state index contributed by atoms with van der Waals surface area (Å²) >= 11 is 14.1. The number of nitrogens with zero attached hydrogens (tertiary/aromatic N) is 3. The Balaban J connectivity index is 1.43. The summed E-state index contributed by atoms with van der Waals surface area (Å²) in [5.41, 5.74) is 3.46. The monoisotopic (exact) mass is 514 g/mol. The highest BCUT2D eigenvalue weighted by molar-refractivity contribution is 7.99. The summed E-state index contributed by atoms with van der Waals surface area (Å²) in [6, 6.07) is 12.9. The molecule has 9 heteroatoms. The lowest BCUT2D eigenvalue weighted by atomic mass is 9.85. The third kappa shape index (κ3) is 4.57. The van der Waals surface area contributed by atoms with Crippen LogP contribution in [0.25, 0.3) is 0 Å². The third-order valence-electron chi connectivity index (χ3n) is 5.92. The van der Waals surface area contributed by atoms with E-state index in [0.717, 1.165) is 52.6 Å². The fourth-order valence-corrected chi connectivity index (χ4v) is 5.46. The van der Waals surface area contributed by atoms with Crippen molar-refractivity contribution in [1.82, 2.24) is 14.8 Å². The second kappa shape index (κ2) is 10.0. The lowest BCUT2D eigenvalue weighted by Gasteiger charge is -2.32. The minimum Gasteiger partial charge on any atom is -0.489 e. The van der Waals surface area contributed by atoms with Gasteiger partial charge in [-0.3, -0.25) is 4.79 Å². The number of nitrogens with one attached hydrogen (secondary N) is 1. The Bertz CT molecular complexity index is 1240. The summed E-state index contributed by atoms with van der Waals surface area (Å²) in [5, 5.41) is 9.99. The van der Waals surface area contributed by atoms with Gasteiger partial charge in [-0.05, 0) is 49.1 Å². The summed E-state index contributed by atoms with van der Waals surface area (Å²) in [6.07, 6.45) is 3.28. The van der Waals surface area contributed by atoms with Crippen molar-refractivity contribution in [3.63, 3.8) is 0 Å². The second-order valence-corrected chi connectivity index (χ2v) is 10.1. The summed E-state index contributed by atoms with van der Waals surface area (Å²) in [6.45, 7) is 2.40. The van der Waals surface area contributed by atoms with Crippen molar-refractivity contribution < 1.29 is 9.53 Å². The standard InChI is InChI=1S/C25H24Cl2N4O2S/c1-2-13-34-25-29-24-28-20-7-4-8-21(32)22(20)23(31(24)30-25)15-9-11-16(12-10-15)33-14-17-18(26)5-3-6-19(17)27/h3,5-6,9-12,23H,2,4,7-8,13-14H2,1H3,(H,28,29,30). The average molecular weight is 515 g/mol. The number of anilines is 1. The van der Waals surface area contributed by atoms with Gasteiger partial charge in [-0.1, -0.05) is 60.1 Å². The van der Waals surface area contributed by atoms with E-state index >= 15 is 0 Å². The number of ketones is 1. The van der Waals surface area contributed by atoms with E-state index in [1.54, 1.807) is 23.9 Å². The number of thioether (sulfide) groups is 1. The molecule has 1 atom stereocenters. The van der Waals surface area contributed by atoms with Gasteiger partial charge in [-0.15, -0.1) is 5.10 Å². The van der Waals surface area contributed by atoms with Gasteiger partial charge in [0.1, 0.15) is 18.4 Å². The summed E-state index contributed by atoms with van der Waals surface area (Å²) < 4.78 is 7.79. The van der Waals surface area contributed by atoms with Gasteiger partial charge in [0, 0.05) is 39.1 Å². The van der Waals surface area contributed by atoms with Crippen LogP contribution >= 0.6 is 35.0 Å². The van der Waals surface area contributed by atoms with E-state index < -0.39 is 0 Å². The van der Waals surface area contributed by atoms with Gasteiger partial charge in [-0.2, -0.15) is 4.98 Å². The molecule has 5 rings (SSSR count). The zero-order valence-electron chi connectivity index (χ0n) is 18.7. The number of carbonyl (C=O) groups is 1. The molecule has 0 bridgehead atoms. The molecule has 34 heavy (non-hydrogen) atoms. The predicted molar refractivity (Wildman–Crippen MR) is 136 cm³/mol. The molecule has 0 radical (unpaired) electrons. The largest absolute Gasteiger partial charge is 0.489 e. The Kier molecular flexibility index (Phi) is 6.86. The first kappa shape index (κ1) is 23.3. The number of hydrogen-bond donors (Lipinski definition) is 1. The third-order valence-corrected chi connectivity index (χ3v) is 7.68. The van der Waals surface area contributed by atoms with Gasteiger partial charge in [0.25, 0.3) is 0 Å². The van der Waals surface area contributed by atoms with Gasteiger partial charge in [-0.25, -0.2) is 4.68 Å². The number of ether oxygens (including phenoxy) is 1. The maximum Gasteiger partial charge on any atom is 0.227 e. The number of aromatic nitrogens is 3. The molecule has 0 spiro atoms. The number of rotatable bonds is 7. The Morgan fingerprint density at radius 1 is 1.15 bits per heavy atom. The summed E-state index contributed by atoms with van der Waals surface area (Å²) in [5.74, 6) is 2.49. The van der Waals surface area contributed by atoms with Crippen molar-refractivity contribution in [2.45, 2.75) is 50.4 Å². The van der Waals surface area contributed by atoms with Gasteiger partial charge < -0.3 is 10.1 Å². The molecule has 0 fully saturated rings. The minimum atomic E-state index is -0.311. The molecule has 3 aromatic rings. The van der Waals surface area contributed by atoms with Crippen LogP contribution in [0.5, 0.6) is 5.75 Å². The summed E-state index contributed by atoms with van der Waals surface area (Å²) in [4.78, 5) is 17.7. The SMILES string of the molecule is CCCSc1nc2n(n1)C(c1ccc(OCc3c(Cl)cccc3Cl)cc1)C1=C(CCCC1=O)N2. The molecular weight excluding hydrogens is 491 g/mol. The maximum absolute atomic E-state index is 13.0. The van der Waals surface area contributed by atoms with Gasteiger partial charge in [0.15, 0.2) is 5.78 Å². The zero-order valence-corrected chi connectivity index (χ0v) is 21.0. The van der Waals surface area contributed by atoms with Crippen molar-refractivity contribution in [2.24, 2.45) is 0 Å². The normalized spacial score (nSPS) is 17.3. The number of Topliss-reactive ketones (excluding diaryl/α,β-unsaturated/α-hetero) is 1. The van der Waals surface area contributed by atoms with Crippen molar-refractivity contribution in [2.75, 3.05) is 11.1 Å².